The molecule has 0 spiro atoms. The average Bonchev–Trinajstić information content (AvgIpc) is 3.11. The highest BCUT2D eigenvalue weighted by Crippen LogP contribution is 2.21. The summed E-state index contributed by atoms with van der Waals surface area (Å²) in [5, 5.41) is 8.73. The van der Waals surface area contributed by atoms with Gasteiger partial charge in [0.05, 0.1) is 12.2 Å². The van der Waals surface area contributed by atoms with Gasteiger partial charge in [-0.15, -0.1) is 0 Å². The fraction of sp³-hybridized carbons (Fsp3) is 0.474. The summed E-state index contributed by atoms with van der Waals surface area (Å²) in [5.74, 6) is 0.263. The van der Waals surface area contributed by atoms with E-state index in [9.17, 15) is 4.79 Å². The molecule has 2 heterocycles. The molecular formula is C19H25ClN4O. The number of benzene rings is 1. The molecule has 1 N–H and O–H groups in total. The van der Waals surface area contributed by atoms with Crippen molar-refractivity contribution < 1.29 is 4.79 Å². The summed E-state index contributed by atoms with van der Waals surface area (Å²) in [6, 6.07) is 10.4. The smallest absolute Gasteiger partial charge is 0.222 e. The van der Waals surface area contributed by atoms with Crippen LogP contribution in [0.15, 0.2) is 30.3 Å². The lowest BCUT2D eigenvalue weighted by molar-refractivity contribution is -0.127. The first kappa shape index (κ1) is 18.0. The Labute approximate surface area is 154 Å². The number of aromatic nitrogens is 2. The number of nitrogens with zero attached hydrogens (tertiary/aromatic N) is 3. The highest BCUT2D eigenvalue weighted by molar-refractivity contribution is 6.30. The van der Waals surface area contributed by atoms with Crippen molar-refractivity contribution in [2.24, 2.45) is 0 Å². The van der Waals surface area contributed by atoms with Gasteiger partial charge in [-0.3, -0.25) is 4.79 Å². The highest BCUT2D eigenvalue weighted by atomic mass is 35.5. The van der Waals surface area contributed by atoms with E-state index in [0.717, 1.165) is 30.8 Å². The first-order valence-corrected chi connectivity index (χ1v) is 9.19. The van der Waals surface area contributed by atoms with Gasteiger partial charge in [-0.25, -0.2) is 4.68 Å². The predicted molar refractivity (Wildman–Crippen MR) is 99.6 cm³/mol. The third-order valence-corrected chi connectivity index (χ3v) is 5.07. The monoisotopic (exact) mass is 360 g/mol. The molecule has 6 heteroatoms. The van der Waals surface area contributed by atoms with Gasteiger partial charge in [0.25, 0.3) is 0 Å². The second kappa shape index (κ2) is 8.02. The number of hydrogen-bond donors (Lipinski definition) is 1. The van der Waals surface area contributed by atoms with Gasteiger partial charge in [-0.1, -0.05) is 41.9 Å². The van der Waals surface area contributed by atoms with Gasteiger partial charge in [0.15, 0.2) is 0 Å². The van der Waals surface area contributed by atoms with Gasteiger partial charge in [0.1, 0.15) is 5.15 Å². The third-order valence-electron chi connectivity index (χ3n) is 4.65. The second-order valence-electron chi connectivity index (χ2n) is 6.72. The zero-order valence-electron chi connectivity index (χ0n) is 14.8. The molecule has 1 saturated heterocycles. The molecule has 0 saturated carbocycles. The van der Waals surface area contributed by atoms with Gasteiger partial charge < -0.3 is 10.2 Å². The normalized spacial score (nSPS) is 15.8. The molecule has 3 rings (SSSR count). The fourth-order valence-electron chi connectivity index (χ4n) is 3.22. The van der Waals surface area contributed by atoms with E-state index in [1.54, 1.807) is 0 Å². The van der Waals surface area contributed by atoms with Gasteiger partial charge >= 0.3 is 0 Å². The molecule has 1 aliphatic heterocycles. The van der Waals surface area contributed by atoms with E-state index in [0.29, 0.717) is 24.7 Å². The van der Waals surface area contributed by atoms with Crippen LogP contribution in [0.2, 0.25) is 5.15 Å². The minimum atomic E-state index is 0.218. The maximum atomic E-state index is 11.7. The van der Waals surface area contributed by atoms with Crippen molar-refractivity contribution in [2.45, 2.75) is 45.8 Å². The standard InChI is InChI=1S/C19H25ClN4O/c1-14(12-23-10-6-9-18(23)25)21-11-17-15(2)22-24(19(17)20)13-16-7-4-3-5-8-16/h3-5,7-8,14,21H,6,9-13H2,1-2H3/t14-/m1/s1. The minimum absolute atomic E-state index is 0.218. The Morgan fingerprint density at radius 1 is 1.32 bits per heavy atom. The quantitative estimate of drug-likeness (QED) is 0.825. The van der Waals surface area contributed by atoms with Crippen molar-refractivity contribution in [3.63, 3.8) is 0 Å². The molecule has 1 amide bonds. The van der Waals surface area contributed by atoms with E-state index in [4.69, 9.17) is 11.6 Å². The molecule has 25 heavy (non-hydrogen) atoms. The SMILES string of the molecule is Cc1nn(Cc2ccccc2)c(Cl)c1CN[C@H](C)CN1CCCC1=O. The van der Waals surface area contributed by atoms with Crippen molar-refractivity contribution in [3.8, 4) is 0 Å². The second-order valence-corrected chi connectivity index (χ2v) is 7.08. The van der Waals surface area contributed by atoms with Crippen LogP contribution < -0.4 is 5.32 Å². The fourth-order valence-corrected chi connectivity index (χ4v) is 3.52. The Morgan fingerprint density at radius 2 is 2.08 bits per heavy atom. The van der Waals surface area contributed by atoms with Crippen LogP contribution >= 0.6 is 11.6 Å². The van der Waals surface area contributed by atoms with Gasteiger partial charge in [0, 0.05) is 37.7 Å². The van der Waals surface area contributed by atoms with Gasteiger partial charge in [0.2, 0.25) is 5.91 Å². The summed E-state index contributed by atoms with van der Waals surface area (Å²) < 4.78 is 1.85. The lowest BCUT2D eigenvalue weighted by atomic mass is 10.2. The van der Waals surface area contributed by atoms with E-state index < -0.39 is 0 Å². The summed E-state index contributed by atoms with van der Waals surface area (Å²) in [6.45, 7) is 7.02. The number of rotatable bonds is 7. The molecule has 134 valence electrons. The Hall–Kier alpha value is -1.85. The molecule has 2 aromatic rings. The maximum Gasteiger partial charge on any atom is 0.222 e. The number of aryl methyl sites for hydroxylation is 1. The molecule has 0 aliphatic carbocycles. The summed E-state index contributed by atoms with van der Waals surface area (Å²) in [5.41, 5.74) is 3.14. The van der Waals surface area contributed by atoms with E-state index >= 15 is 0 Å². The molecule has 0 bridgehead atoms. The summed E-state index contributed by atoms with van der Waals surface area (Å²) in [7, 11) is 0. The summed E-state index contributed by atoms with van der Waals surface area (Å²) in [6.07, 6.45) is 1.66. The van der Waals surface area contributed by atoms with E-state index in [2.05, 4.69) is 29.5 Å². The van der Waals surface area contributed by atoms with Crippen LogP contribution in [0.25, 0.3) is 0 Å². The van der Waals surface area contributed by atoms with Crippen molar-refractivity contribution in [2.75, 3.05) is 13.1 Å². The molecule has 0 unspecified atom stereocenters. The first-order valence-electron chi connectivity index (χ1n) is 8.81. The van der Waals surface area contributed by atoms with E-state index in [1.165, 1.54) is 5.56 Å². The summed E-state index contributed by atoms with van der Waals surface area (Å²) >= 11 is 6.55. The minimum Gasteiger partial charge on any atom is -0.341 e. The number of nitrogens with one attached hydrogen (secondary N) is 1. The molecule has 1 atom stereocenters. The van der Waals surface area contributed by atoms with Crippen molar-refractivity contribution in [3.05, 3.63) is 52.3 Å². The third kappa shape index (κ3) is 4.41. The Balaban J connectivity index is 1.60. The van der Waals surface area contributed by atoms with Crippen LogP contribution in [0, 0.1) is 6.92 Å². The average molecular weight is 361 g/mol. The zero-order chi connectivity index (χ0) is 17.8. The van der Waals surface area contributed by atoms with E-state index in [-0.39, 0.29) is 11.9 Å². The van der Waals surface area contributed by atoms with Crippen LogP contribution in [-0.4, -0.2) is 39.7 Å². The van der Waals surface area contributed by atoms with Crippen molar-refractivity contribution >= 4 is 17.5 Å². The number of likely N-dealkylation sites (tertiary alicyclic amines) is 1. The van der Waals surface area contributed by atoms with Gasteiger partial charge in [-0.2, -0.15) is 5.10 Å². The van der Waals surface area contributed by atoms with Crippen LogP contribution in [0.4, 0.5) is 0 Å². The first-order chi connectivity index (χ1) is 12.0. The van der Waals surface area contributed by atoms with Crippen LogP contribution in [-0.2, 0) is 17.9 Å². The lowest BCUT2D eigenvalue weighted by Crippen LogP contribution is -2.39. The molecule has 5 nitrogen and oxygen atoms in total. The number of halogens is 1. The zero-order valence-corrected chi connectivity index (χ0v) is 15.6. The van der Waals surface area contributed by atoms with Gasteiger partial charge in [-0.05, 0) is 25.8 Å². The predicted octanol–water partition coefficient (Wildman–Crippen LogP) is 2.99. The number of carbonyl (C=O) groups is 1. The van der Waals surface area contributed by atoms with Crippen molar-refractivity contribution in [1.82, 2.24) is 20.0 Å². The lowest BCUT2D eigenvalue weighted by Gasteiger charge is -2.21. The largest absolute Gasteiger partial charge is 0.341 e. The molecule has 1 aromatic carbocycles. The molecule has 1 fully saturated rings. The maximum absolute atomic E-state index is 11.7. The highest BCUT2D eigenvalue weighted by Gasteiger charge is 2.22. The number of carbonyl (C=O) groups excluding carboxylic acids is 1. The Kier molecular flexibility index (Phi) is 5.76. The van der Waals surface area contributed by atoms with Crippen LogP contribution in [0.5, 0.6) is 0 Å². The Morgan fingerprint density at radius 3 is 2.76 bits per heavy atom. The van der Waals surface area contributed by atoms with E-state index in [1.807, 2.05) is 34.7 Å². The molecule has 0 radical (unpaired) electrons. The molecular weight excluding hydrogens is 336 g/mol. The van der Waals surface area contributed by atoms with Crippen LogP contribution in [0.3, 0.4) is 0 Å². The number of amides is 1. The topological polar surface area (TPSA) is 50.2 Å². The summed E-state index contributed by atoms with van der Waals surface area (Å²) in [4.78, 5) is 13.7. The van der Waals surface area contributed by atoms with Crippen LogP contribution in [0.1, 0.15) is 36.6 Å². The number of hydrogen-bond acceptors (Lipinski definition) is 3. The van der Waals surface area contributed by atoms with Crippen molar-refractivity contribution in [1.29, 1.82) is 0 Å². The Bertz CT molecular complexity index is 729. The molecule has 1 aromatic heterocycles. The molecule has 1 aliphatic rings.